The van der Waals surface area contributed by atoms with Crippen molar-refractivity contribution in [3.05, 3.63) is 81.7 Å². The van der Waals surface area contributed by atoms with E-state index in [2.05, 4.69) is 10.3 Å². The summed E-state index contributed by atoms with van der Waals surface area (Å²) in [6.07, 6.45) is 0.600. The van der Waals surface area contributed by atoms with E-state index in [0.717, 1.165) is 11.3 Å². The first-order valence-corrected chi connectivity index (χ1v) is 7.11. The lowest BCUT2D eigenvalue weighted by Gasteiger charge is -2.08. The molecule has 0 atom stereocenters. The lowest BCUT2D eigenvalue weighted by Crippen LogP contribution is -2.07. The molecular weight excluding hydrogens is 294 g/mol. The van der Waals surface area contributed by atoms with Crippen LogP contribution in [0.3, 0.4) is 0 Å². The molecule has 2 aromatic carbocycles. The molecule has 0 aliphatic rings. The summed E-state index contributed by atoms with van der Waals surface area (Å²) in [5.41, 5.74) is 8.96. The average molecular weight is 309 g/mol. The Morgan fingerprint density at radius 2 is 1.91 bits per heavy atom. The van der Waals surface area contributed by atoms with Gasteiger partial charge in [-0.3, -0.25) is 10.1 Å². The molecule has 0 saturated carbocycles. The van der Waals surface area contributed by atoms with Gasteiger partial charge >= 0.3 is 0 Å². The third-order valence-corrected chi connectivity index (χ3v) is 3.54. The van der Waals surface area contributed by atoms with Gasteiger partial charge in [0.05, 0.1) is 16.3 Å². The van der Waals surface area contributed by atoms with Crippen molar-refractivity contribution in [2.24, 2.45) is 5.73 Å². The van der Waals surface area contributed by atoms with Crippen LogP contribution in [0.2, 0.25) is 0 Å². The molecule has 1 heterocycles. The number of nitro benzene ring substituents is 1. The highest BCUT2D eigenvalue weighted by Crippen LogP contribution is 2.20. The molecule has 1 aromatic heterocycles. The van der Waals surface area contributed by atoms with Crippen molar-refractivity contribution in [1.29, 1.82) is 0 Å². The molecule has 0 radical (unpaired) electrons. The van der Waals surface area contributed by atoms with E-state index in [4.69, 9.17) is 5.73 Å². The van der Waals surface area contributed by atoms with E-state index in [0.29, 0.717) is 17.8 Å². The summed E-state index contributed by atoms with van der Waals surface area (Å²) in [6, 6.07) is 16.2. The van der Waals surface area contributed by atoms with E-state index in [1.807, 2.05) is 30.3 Å². The first-order chi connectivity index (χ1) is 11.2. The Bertz CT molecular complexity index is 829. The molecule has 116 valence electrons. The Morgan fingerprint density at radius 1 is 1.13 bits per heavy atom. The molecule has 2 N–H and O–H groups in total. The largest absolute Gasteiger partial charge is 0.325 e. The van der Waals surface area contributed by atoms with Gasteiger partial charge in [0, 0.05) is 25.1 Å². The van der Waals surface area contributed by atoms with Crippen molar-refractivity contribution in [1.82, 2.24) is 15.0 Å². The maximum Gasteiger partial charge on any atom is 0.271 e. The lowest BCUT2D eigenvalue weighted by atomic mass is 10.1. The first-order valence-electron chi connectivity index (χ1n) is 7.11. The molecule has 0 saturated heterocycles. The van der Waals surface area contributed by atoms with E-state index in [9.17, 15) is 10.1 Å². The molecule has 3 aromatic rings. The molecule has 0 aliphatic carbocycles. The minimum atomic E-state index is -0.429. The second-order valence-corrected chi connectivity index (χ2v) is 5.04. The summed E-state index contributed by atoms with van der Waals surface area (Å²) in [5.74, 6) is 0. The van der Waals surface area contributed by atoms with Gasteiger partial charge in [0.2, 0.25) is 0 Å². The van der Waals surface area contributed by atoms with Crippen LogP contribution < -0.4 is 5.73 Å². The smallest absolute Gasteiger partial charge is 0.271 e. The molecule has 23 heavy (non-hydrogen) atoms. The summed E-state index contributed by atoms with van der Waals surface area (Å²) in [6.45, 7) is 0.261. The Labute approximate surface area is 132 Å². The van der Waals surface area contributed by atoms with Crippen LogP contribution in [-0.4, -0.2) is 19.9 Å². The van der Waals surface area contributed by atoms with Crippen LogP contribution >= 0.6 is 0 Å². The number of hydrogen-bond donors (Lipinski definition) is 1. The highest BCUT2D eigenvalue weighted by molar-refractivity contribution is 5.44. The molecule has 0 bridgehead atoms. The Hall–Kier alpha value is -3.06. The van der Waals surface area contributed by atoms with Crippen LogP contribution in [0.15, 0.2) is 54.6 Å². The number of hydrogen-bond acceptors (Lipinski definition) is 5. The molecule has 0 amide bonds. The molecule has 0 spiro atoms. The second-order valence-electron chi connectivity index (χ2n) is 5.04. The van der Waals surface area contributed by atoms with Gasteiger partial charge < -0.3 is 5.73 Å². The van der Waals surface area contributed by atoms with Crippen LogP contribution in [0, 0.1) is 10.1 Å². The van der Waals surface area contributed by atoms with Crippen molar-refractivity contribution < 1.29 is 4.92 Å². The van der Waals surface area contributed by atoms with Gasteiger partial charge in [0.1, 0.15) is 5.69 Å². The van der Waals surface area contributed by atoms with Gasteiger partial charge in [-0.15, -0.1) is 5.10 Å². The zero-order valence-corrected chi connectivity index (χ0v) is 12.3. The number of aromatic nitrogens is 3. The highest BCUT2D eigenvalue weighted by Gasteiger charge is 2.15. The van der Waals surface area contributed by atoms with Gasteiger partial charge in [-0.2, -0.15) is 0 Å². The molecule has 0 aliphatic heterocycles. The summed E-state index contributed by atoms with van der Waals surface area (Å²) in [4.78, 5) is 10.5. The van der Waals surface area contributed by atoms with Crippen LogP contribution in [0.1, 0.15) is 17.0 Å². The number of non-ortho nitro benzene ring substituents is 1. The number of benzene rings is 2. The third-order valence-electron chi connectivity index (χ3n) is 3.54. The second kappa shape index (κ2) is 6.37. The monoisotopic (exact) mass is 309 g/mol. The third kappa shape index (κ3) is 3.09. The Balaban J connectivity index is 2.05. The van der Waals surface area contributed by atoms with Crippen molar-refractivity contribution in [2.75, 3.05) is 0 Å². The fraction of sp³-hybridized carbons (Fsp3) is 0.125. The summed E-state index contributed by atoms with van der Waals surface area (Å²) in [7, 11) is 0. The van der Waals surface area contributed by atoms with E-state index in [1.54, 1.807) is 16.8 Å². The van der Waals surface area contributed by atoms with Crippen molar-refractivity contribution in [3.63, 3.8) is 0 Å². The molecule has 0 fully saturated rings. The van der Waals surface area contributed by atoms with Crippen molar-refractivity contribution in [3.8, 4) is 5.69 Å². The van der Waals surface area contributed by atoms with Crippen molar-refractivity contribution in [2.45, 2.75) is 13.0 Å². The fourth-order valence-electron chi connectivity index (χ4n) is 2.40. The topological polar surface area (TPSA) is 99.9 Å². The summed E-state index contributed by atoms with van der Waals surface area (Å²) >= 11 is 0. The zero-order valence-electron chi connectivity index (χ0n) is 12.3. The van der Waals surface area contributed by atoms with E-state index < -0.39 is 4.92 Å². The Kier molecular flexibility index (Phi) is 4.11. The maximum absolute atomic E-state index is 11.0. The minimum Gasteiger partial charge on any atom is -0.325 e. The Morgan fingerprint density at radius 3 is 2.61 bits per heavy atom. The molecule has 0 unspecified atom stereocenters. The van der Waals surface area contributed by atoms with Crippen LogP contribution in [0.5, 0.6) is 0 Å². The first kappa shape index (κ1) is 14.9. The van der Waals surface area contributed by atoms with Crippen LogP contribution in [-0.2, 0) is 13.0 Å². The van der Waals surface area contributed by atoms with Gasteiger partial charge in [-0.25, -0.2) is 4.68 Å². The number of nitro groups is 1. The predicted octanol–water partition coefficient (Wildman–Crippen LogP) is 2.22. The normalized spacial score (nSPS) is 10.7. The van der Waals surface area contributed by atoms with Gasteiger partial charge in [0.25, 0.3) is 5.69 Å². The number of nitrogens with two attached hydrogens (primary N) is 1. The standard InChI is InChI=1S/C16H15N5O2/c17-11-15-16(9-12-5-2-1-3-6-12)20(19-18-15)13-7-4-8-14(10-13)21(22)23/h1-8,10H,9,11,17H2. The van der Waals surface area contributed by atoms with E-state index in [-0.39, 0.29) is 12.2 Å². The van der Waals surface area contributed by atoms with Crippen molar-refractivity contribution >= 4 is 5.69 Å². The van der Waals surface area contributed by atoms with Gasteiger partial charge in [0.15, 0.2) is 0 Å². The van der Waals surface area contributed by atoms with Gasteiger partial charge in [-0.1, -0.05) is 41.6 Å². The highest BCUT2D eigenvalue weighted by atomic mass is 16.6. The molecule has 7 heteroatoms. The zero-order chi connectivity index (χ0) is 16.2. The molecular formula is C16H15N5O2. The lowest BCUT2D eigenvalue weighted by molar-refractivity contribution is -0.384. The summed E-state index contributed by atoms with van der Waals surface area (Å²) in [5, 5.41) is 19.2. The minimum absolute atomic E-state index is 0.0120. The SMILES string of the molecule is NCc1nnn(-c2cccc([N+](=O)[O-])c2)c1Cc1ccccc1. The van der Waals surface area contributed by atoms with Gasteiger partial charge in [-0.05, 0) is 11.6 Å². The molecule has 3 rings (SSSR count). The van der Waals surface area contributed by atoms with E-state index in [1.165, 1.54) is 12.1 Å². The number of rotatable bonds is 5. The number of nitrogens with zero attached hydrogens (tertiary/aromatic N) is 4. The van der Waals surface area contributed by atoms with Crippen LogP contribution in [0.4, 0.5) is 5.69 Å². The average Bonchev–Trinajstić information content (AvgIpc) is 2.98. The van der Waals surface area contributed by atoms with Crippen LogP contribution in [0.25, 0.3) is 5.69 Å². The summed E-state index contributed by atoms with van der Waals surface area (Å²) < 4.78 is 1.61. The maximum atomic E-state index is 11.0. The quantitative estimate of drug-likeness (QED) is 0.575. The predicted molar refractivity (Wildman–Crippen MR) is 85.2 cm³/mol. The van der Waals surface area contributed by atoms with E-state index >= 15 is 0 Å². The molecule has 7 nitrogen and oxygen atoms in total. The fourth-order valence-corrected chi connectivity index (χ4v) is 2.40.